The molecule has 0 saturated heterocycles. The highest BCUT2D eigenvalue weighted by Crippen LogP contribution is 2.23. The van der Waals surface area contributed by atoms with E-state index in [1.165, 1.54) is 25.7 Å². The van der Waals surface area contributed by atoms with Crippen LogP contribution in [0.25, 0.3) is 0 Å². The van der Waals surface area contributed by atoms with Gasteiger partial charge in [0.1, 0.15) is 0 Å². The predicted molar refractivity (Wildman–Crippen MR) is 98.9 cm³/mol. The first-order chi connectivity index (χ1) is 12.0. The summed E-state index contributed by atoms with van der Waals surface area (Å²) in [4.78, 5) is 26.7. The lowest BCUT2D eigenvalue weighted by atomic mass is 10.1. The summed E-state index contributed by atoms with van der Waals surface area (Å²) in [6.45, 7) is 3.14. The van der Waals surface area contributed by atoms with Gasteiger partial charge >= 0.3 is 0 Å². The fraction of sp³-hybridized carbons (Fsp3) is 0.579. The number of carbonyl (C=O) groups is 2. The molecule has 0 bridgehead atoms. The third-order valence-corrected chi connectivity index (χ3v) is 4.79. The van der Waals surface area contributed by atoms with E-state index in [-0.39, 0.29) is 11.8 Å². The van der Waals surface area contributed by atoms with Crippen LogP contribution in [0.15, 0.2) is 18.2 Å². The van der Waals surface area contributed by atoms with Gasteiger partial charge in [-0.05, 0) is 44.5 Å². The molecule has 2 rings (SSSR count). The van der Waals surface area contributed by atoms with Gasteiger partial charge in [0.25, 0.3) is 5.91 Å². The van der Waals surface area contributed by atoms with E-state index < -0.39 is 0 Å². The van der Waals surface area contributed by atoms with Gasteiger partial charge < -0.3 is 15.4 Å². The van der Waals surface area contributed by atoms with Crippen LogP contribution in [0.5, 0.6) is 0 Å². The maximum absolute atomic E-state index is 12.4. The first kappa shape index (κ1) is 19.4. The number of anilines is 1. The van der Waals surface area contributed by atoms with Crippen molar-refractivity contribution in [3.63, 3.8) is 0 Å². The molecular formula is C19H29N3O3. The van der Waals surface area contributed by atoms with Crippen LogP contribution in [-0.2, 0) is 9.53 Å². The van der Waals surface area contributed by atoms with Gasteiger partial charge in [-0.1, -0.05) is 18.9 Å². The van der Waals surface area contributed by atoms with Crippen molar-refractivity contribution in [3.05, 3.63) is 29.3 Å². The average Bonchev–Trinajstić information content (AvgIpc) is 3.11. The molecule has 1 aliphatic rings. The second-order valence-corrected chi connectivity index (χ2v) is 6.63. The Morgan fingerprint density at radius 3 is 2.68 bits per heavy atom. The molecule has 0 unspecified atom stereocenters. The molecular weight excluding hydrogens is 318 g/mol. The number of hydrogen-bond acceptors (Lipinski definition) is 4. The van der Waals surface area contributed by atoms with Crippen LogP contribution in [0.2, 0.25) is 0 Å². The highest BCUT2D eigenvalue weighted by Gasteiger charge is 2.21. The molecule has 0 spiro atoms. The summed E-state index contributed by atoms with van der Waals surface area (Å²) in [5, 5.41) is 5.75. The minimum Gasteiger partial charge on any atom is -0.383 e. The third kappa shape index (κ3) is 5.54. The molecule has 0 heterocycles. The van der Waals surface area contributed by atoms with E-state index in [1.807, 2.05) is 20.0 Å². The third-order valence-electron chi connectivity index (χ3n) is 4.79. The molecule has 138 valence electrons. The summed E-state index contributed by atoms with van der Waals surface area (Å²) in [6, 6.07) is 5.88. The SMILES string of the molecule is COCCNC(=O)c1cccc(NC(=O)CN(C)C2CCCC2)c1C. The van der Waals surface area contributed by atoms with Gasteiger partial charge in [0.15, 0.2) is 0 Å². The second kappa shape index (κ2) is 9.53. The Labute approximate surface area is 149 Å². The van der Waals surface area contributed by atoms with Gasteiger partial charge in [0.05, 0.1) is 13.2 Å². The van der Waals surface area contributed by atoms with E-state index in [9.17, 15) is 9.59 Å². The molecule has 0 radical (unpaired) electrons. The zero-order valence-corrected chi connectivity index (χ0v) is 15.4. The fourth-order valence-corrected chi connectivity index (χ4v) is 3.27. The van der Waals surface area contributed by atoms with Crippen molar-refractivity contribution < 1.29 is 14.3 Å². The molecule has 25 heavy (non-hydrogen) atoms. The molecule has 1 aliphatic carbocycles. The molecule has 0 aliphatic heterocycles. The highest BCUT2D eigenvalue weighted by atomic mass is 16.5. The lowest BCUT2D eigenvalue weighted by Crippen LogP contribution is -2.36. The maximum Gasteiger partial charge on any atom is 0.251 e. The lowest BCUT2D eigenvalue weighted by Gasteiger charge is -2.23. The molecule has 6 heteroatoms. The summed E-state index contributed by atoms with van der Waals surface area (Å²) in [7, 11) is 3.60. The van der Waals surface area contributed by atoms with Gasteiger partial charge in [0, 0.05) is 30.9 Å². The molecule has 0 aromatic heterocycles. The Bertz CT molecular complexity index is 598. The Morgan fingerprint density at radius 2 is 2.00 bits per heavy atom. The quantitative estimate of drug-likeness (QED) is 0.707. The summed E-state index contributed by atoms with van der Waals surface area (Å²) in [6.07, 6.45) is 4.83. The van der Waals surface area contributed by atoms with Crippen molar-refractivity contribution in [1.82, 2.24) is 10.2 Å². The molecule has 1 saturated carbocycles. The summed E-state index contributed by atoms with van der Waals surface area (Å²) in [5.41, 5.74) is 2.02. The predicted octanol–water partition coefficient (Wildman–Crippen LogP) is 2.18. The zero-order chi connectivity index (χ0) is 18.2. The number of ether oxygens (including phenoxy) is 1. The maximum atomic E-state index is 12.4. The van der Waals surface area contributed by atoms with Crippen LogP contribution in [0, 0.1) is 6.92 Å². The molecule has 2 N–H and O–H groups in total. The van der Waals surface area contributed by atoms with Crippen molar-refractivity contribution >= 4 is 17.5 Å². The van der Waals surface area contributed by atoms with Crippen LogP contribution in [0.3, 0.4) is 0 Å². The smallest absolute Gasteiger partial charge is 0.251 e. The van der Waals surface area contributed by atoms with Gasteiger partial charge in [-0.15, -0.1) is 0 Å². The van der Waals surface area contributed by atoms with Crippen molar-refractivity contribution in [2.75, 3.05) is 39.2 Å². The number of likely N-dealkylation sites (N-methyl/N-ethyl adjacent to an activating group) is 1. The van der Waals surface area contributed by atoms with Gasteiger partial charge in [-0.3, -0.25) is 14.5 Å². The molecule has 6 nitrogen and oxygen atoms in total. The van der Waals surface area contributed by atoms with Crippen molar-refractivity contribution in [3.8, 4) is 0 Å². The van der Waals surface area contributed by atoms with Crippen LogP contribution in [-0.4, -0.2) is 56.6 Å². The summed E-state index contributed by atoms with van der Waals surface area (Å²) >= 11 is 0. The topological polar surface area (TPSA) is 70.7 Å². The number of benzene rings is 1. The average molecular weight is 347 g/mol. The van der Waals surface area contributed by atoms with Crippen LogP contribution >= 0.6 is 0 Å². The van der Waals surface area contributed by atoms with E-state index in [4.69, 9.17) is 4.74 Å². The number of rotatable bonds is 8. The molecule has 0 atom stereocenters. The van der Waals surface area contributed by atoms with E-state index in [0.29, 0.717) is 37.0 Å². The first-order valence-corrected chi connectivity index (χ1v) is 8.89. The summed E-state index contributed by atoms with van der Waals surface area (Å²) < 4.78 is 4.94. The van der Waals surface area contributed by atoms with Crippen molar-refractivity contribution in [1.29, 1.82) is 0 Å². The molecule has 1 aromatic rings. The lowest BCUT2D eigenvalue weighted by molar-refractivity contribution is -0.117. The second-order valence-electron chi connectivity index (χ2n) is 6.63. The Morgan fingerprint density at radius 1 is 1.28 bits per heavy atom. The standard InChI is InChI=1S/C19H29N3O3/c1-14-16(19(24)20-11-12-25-3)9-6-10-17(14)21-18(23)13-22(2)15-7-4-5-8-15/h6,9-10,15H,4-5,7-8,11-13H2,1-3H3,(H,20,24)(H,21,23). The number of amides is 2. The zero-order valence-electron chi connectivity index (χ0n) is 15.4. The number of hydrogen-bond donors (Lipinski definition) is 2. The number of carbonyl (C=O) groups excluding carboxylic acids is 2. The Balaban J connectivity index is 1.95. The van der Waals surface area contributed by atoms with Gasteiger partial charge in [-0.2, -0.15) is 0 Å². The van der Waals surface area contributed by atoms with Crippen molar-refractivity contribution in [2.45, 2.75) is 38.6 Å². The van der Waals surface area contributed by atoms with Crippen LogP contribution in [0.1, 0.15) is 41.6 Å². The number of methoxy groups -OCH3 is 1. The highest BCUT2D eigenvalue weighted by molar-refractivity contribution is 5.99. The molecule has 1 fully saturated rings. The summed E-state index contributed by atoms with van der Waals surface area (Å²) in [5.74, 6) is -0.205. The minimum absolute atomic E-state index is 0.0468. The number of nitrogens with one attached hydrogen (secondary N) is 2. The Kier molecular flexibility index (Phi) is 7.40. The van der Waals surface area contributed by atoms with Crippen LogP contribution in [0.4, 0.5) is 5.69 Å². The van der Waals surface area contributed by atoms with E-state index in [2.05, 4.69) is 15.5 Å². The van der Waals surface area contributed by atoms with E-state index in [1.54, 1.807) is 19.2 Å². The largest absolute Gasteiger partial charge is 0.383 e. The minimum atomic E-state index is -0.159. The van der Waals surface area contributed by atoms with Gasteiger partial charge in [0.2, 0.25) is 5.91 Å². The molecule has 1 aromatic carbocycles. The van der Waals surface area contributed by atoms with E-state index >= 15 is 0 Å². The van der Waals surface area contributed by atoms with Crippen LogP contribution < -0.4 is 10.6 Å². The van der Waals surface area contributed by atoms with E-state index in [0.717, 1.165) is 5.56 Å². The molecule has 2 amide bonds. The monoisotopic (exact) mass is 347 g/mol. The van der Waals surface area contributed by atoms with Crippen molar-refractivity contribution in [2.24, 2.45) is 0 Å². The fourth-order valence-electron chi connectivity index (χ4n) is 3.27. The first-order valence-electron chi connectivity index (χ1n) is 8.89. The Hall–Kier alpha value is -1.92. The van der Waals surface area contributed by atoms with Gasteiger partial charge in [-0.25, -0.2) is 0 Å². The number of nitrogens with zero attached hydrogens (tertiary/aromatic N) is 1. The normalized spacial score (nSPS) is 14.7.